The largest absolute Gasteiger partial charge is 0.478 e. The minimum Gasteiger partial charge on any atom is -0.478 e. The molecule has 4 aromatic heterocycles. The maximum Gasteiger partial charge on any atom is 0.328 e. The Hall–Kier alpha value is -8.50. The molecule has 2 amide bonds. The van der Waals surface area contributed by atoms with Crippen LogP contribution in [0.25, 0.3) is 56.3 Å². The van der Waals surface area contributed by atoms with Crippen LogP contribution in [0.3, 0.4) is 0 Å². The van der Waals surface area contributed by atoms with Gasteiger partial charge < -0.3 is 29.5 Å². The Bertz CT molecular complexity index is 3410. The molecule has 2 aliphatic rings. The number of rotatable bonds is 12. The van der Waals surface area contributed by atoms with E-state index in [2.05, 4.69) is 9.97 Å². The number of carbonyl (C=O) groups excluding carboxylic acids is 3. The van der Waals surface area contributed by atoms with E-state index >= 15 is 0 Å². The third kappa shape index (κ3) is 14.7. The van der Waals surface area contributed by atoms with E-state index in [1.807, 2.05) is 86.6 Å². The summed E-state index contributed by atoms with van der Waals surface area (Å²) >= 11 is 0. The van der Waals surface area contributed by atoms with Gasteiger partial charge in [0, 0.05) is 117 Å². The summed E-state index contributed by atoms with van der Waals surface area (Å²) in [5, 5.41) is 10.2. The smallest absolute Gasteiger partial charge is 0.328 e. The Morgan fingerprint density at radius 1 is 0.597 bits per heavy atom. The number of hydrogen-bond acceptors (Lipinski definition) is 9. The molecule has 2 saturated heterocycles. The number of carboxylic acid groups (broad SMARTS) is 1. The number of alkyl halides is 4. The number of nitrogens with zero attached hydrogens (tertiary/aromatic N) is 4. The second-order valence-electron chi connectivity index (χ2n) is 19.0. The number of aryl methyl sites for hydroxylation is 3. The first-order valence-electron chi connectivity index (χ1n) is 25.2. The molecule has 16 heteroatoms. The molecule has 0 atom stereocenters. The van der Waals surface area contributed by atoms with Gasteiger partial charge in [0.25, 0.3) is 23.7 Å². The lowest BCUT2D eigenvalue weighted by Crippen LogP contribution is -2.42. The molecule has 6 heterocycles. The summed E-state index contributed by atoms with van der Waals surface area (Å²) in [6, 6.07) is 33.8. The topological polar surface area (TPSA) is 173 Å². The molecule has 8 aromatic rings. The van der Waals surface area contributed by atoms with Gasteiger partial charge >= 0.3 is 5.97 Å². The number of piperidine rings is 2. The molecule has 0 saturated carbocycles. The number of hydrogen-bond donors (Lipinski definition) is 2. The van der Waals surface area contributed by atoms with E-state index in [1.165, 1.54) is 15.9 Å². The summed E-state index contributed by atoms with van der Waals surface area (Å²) in [7, 11) is 0. The number of nitrogens with two attached hydrogens (primary N) is 1. The second kappa shape index (κ2) is 24.4. The van der Waals surface area contributed by atoms with Gasteiger partial charge in [0.1, 0.15) is 22.7 Å². The van der Waals surface area contributed by atoms with E-state index in [0.717, 1.165) is 84.0 Å². The Labute approximate surface area is 442 Å². The number of pyridine rings is 2. The number of aliphatic carboxylic acids is 1. The molecular formula is C61H57F4N5O7. The number of ketones is 1. The lowest BCUT2D eigenvalue weighted by molar-refractivity contribution is -0.131. The van der Waals surface area contributed by atoms with Crippen LogP contribution in [0.4, 0.5) is 17.6 Å². The van der Waals surface area contributed by atoms with Crippen LogP contribution in [0, 0.1) is 13.8 Å². The van der Waals surface area contributed by atoms with Gasteiger partial charge in [-0.2, -0.15) is 0 Å². The fourth-order valence-corrected chi connectivity index (χ4v) is 9.01. The highest BCUT2D eigenvalue weighted by atomic mass is 19.3. The van der Waals surface area contributed by atoms with Crippen LogP contribution in [0.5, 0.6) is 0 Å². The second-order valence-corrected chi connectivity index (χ2v) is 19.0. The van der Waals surface area contributed by atoms with Crippen LogP contribution in [-0.2, 0) is 22.6 Å². The first-order chi connectivity index (χ1) is 36.9. The summed E-state index contributed by atoms with van der Waals surface area (Å²) in [6.07, 6.45) is 12.2. The highest BCUT2D eigenvalue weighted by Crippen LogP contribution is 2.34. The number of amides is 2. The van der Waals surface area contributed by atoms with Crippen molar-refractivity contribution in [2.45, 2.75) is 70.8 Å². The third-order valence-corrected chi connectivity index (χ3v) is 13.3. The molecule has 10 rings (SSSR count). The van der Waals surface area contributed by atoms with Crippen LogP contribution in [-0.4, -0.2) is 86.5 Å². The van der Waals surface area contributed by atoms with Gasteiger partial charge in [0.15, 0.2) is 5.78 Å². The lowest BCUT2D eigenvalue weighted by Gasteiger charge is -2.31. The first-order valence-corrected chi connectivity index (χ1v) is 25.2. The van der Waals surface area contributed by atoms with Gasteiger partial charge in [0.05, 0.1) is 6.54 Å². The molecule has 2 aliphatic heterocycles. The lowest BCUT2D eigenvalue weighted by atomic mass is 9.99. The van der Waals surface area contributed by atoms with Crippen molar-refractivity contribution in [2.24, 2.45) is 5.73 Å². The van der Waals surface area contributed by atoms with Crippen molar-refractivity contribution >= 4 is 57.7 Å². The number of fused-ring (bicyclic) bond motifs is 2. The number of allylic oxidation sites excluding steroid dienone is 1. The van der Waals surface area contributed by atoms with E-state index in [0.29, 0.717) is 30.5 Å². The van der Waals surface area contributed by atoms with E-state index < -0.39 is 17.8 Å². The maximum absolute atomic E-state index is 13.4. The van der Waals surface area contributed by atoms with Crippen LogP contribution in [0.15, 0.2) is 155 Å². The predicted octanol–water partition coefficient (Wildman–Crippen LogP) is 12.8. The van der Waals surface area contributed by atoms with Crippen LogP contribution < -0.4 is 5.73 Å². The minimum absolute atomic E-state index is 0.0135. The summed E-state index contributed by atoms with van der Waals surface area (Å²) in [4.78, 5) is 58.6. The summed E-state index contributed by atoms with van der Waals surface area (Å²) in [5.74, 6) is -5.21. The molecule has 12 nitrogen and oxygen atoms in total. The van der Waals surface area contributed by atoms with Crippen molar-refractivity contribution in [2.75, 3.05) is 26.2 Å². The van der Waals surface area contributed by atoms with Crippen molar-refractivity contribution in [3.63, 3.8) is 0 Å². The van der Waals surface area contributed by atoms with Crippen molar-refractivity contribution in [1.82, 2.24) is 19.8 Å². The molecule has 0 radical (unpaired) electrons. The Balaban J connectivity index is 0.000000175. The Kier molecular flexibility index (Phi) is 17.4. The third-order valence-electron chi connectivity index (χ3n) is 13.3. The Morgan fingerprint density at radius 2 is 1.03 bits per heavy atom. The number of carboxylic acids is 1. The average molecular weight is 1050 g/mol. The average Bonchev–Trinajstić information content (AvgIpc) is 4.08. The zero-order valence-corrected chi connectivity index (χ0v) is 42.6. The molecule has 3 N–H and O–H groups in total. The van der Waals surface area contributed by atoms with Gasteiger partial charge in [-0.25, -0.2) is 22.4 Å². The number of aromatic nitrogens is 2. The summed E-state index contributed by atoms with van der Waals surface area (Å²) < 4.78 is 65.3. The zero-order chi connectivity index (χ0) is 54.7. The van der Waals surface area contributed by atoms with Crippen molar-refractivity contribution < 1.29 is 50.7 Å². The normalized spacial score (nSPS) is 15.0. The molecule has 4 aromatic carbocycles. The van der Waals surface area contributed by atoms with Crippen LogP contribution in [0.1, 0.15) is 86.6 Å². The standard InChI is InChI=1S/C31H28F2N2O3.C22H22F2N2O2.C8H7NO2/c1-21-17-25(23-5-7-24(8-6-23)30(37)35-15-12-31(32,33)13-16-35)18-26-19-28(38-29(21)26)11-10-27(36)9-4-22-3-2-14-34-20-22;1-14-10-17(11-18-12-19(13-25)28-20(14)18)15-2-4-16(5-3-15)21(27)26-8-6-22(23,24)7-9-26;10-8(11)4-3-7-2-1-5-9-6-7/h2-9,14,17-20H,10-13,15-16H2,1H3;2-5,10-12H,6-9,13,25H2,1H3;1-6H,(H,10,11)/b9-4+;;4-3+. The molecule has 0 bridgehead atoms. The van der Waals surface area contributed by atoms with Gasteiger partial charge in [0.2, 0.25) is 0 Å². The van der Waals surface area contributed by atoms with Crippen LogP contribution >= 0.6 is 0 Å². The van der Waals surface area contributed by atoms with Crippen molar-refractivity contribution in [3.05, 3.63) is 191 Å². The predicted molar refractivity (Wildman–Crippen MR) is 288 cm³/mol. The van der Waals surface area contributed by atoms with Gasteiger partial charge in [-0.15, -0.1) is 0 Å². The fraction of sp³-hybridized carbons (Fsp3) is 0.246. The number of furan rings is 2. The van der Waals surface area contributed by atoms with E-state index in [-0.39, 0.29) is 69.5 Å². The number of likely N-dealkylation sites (tertiary alicyclic amines) is 2. The van der Waals surface area contributed by atoms with E-state index in [4.69, 9.17) is 19.7 Å². The van der Waals surface area contributed by atoms with Gasteiger partial charge in [-0.05, 0) is 149 Å². The molecule has 0 aliphatic carbocycles. The molecule has 0 unspecified atom stereocenters. The quantitative estimate of drug-likeness (QED) is 0.0885. The van der Waals surface area contributed by atoms with Crippen molar-refractivity contribution in [1.29, 1.82) is 0 Å². The highest BCUT2D eigenvalue weighted by Gasteiger charge is 2.37. The van der Waals surface area contributed by atoms with Gasteiger partial charge in [-0.3, -0.25) is 24.4 Å². The molecule has 0 spiro atoms. The number of carbonyl (C=O) groups is 4. The zero-order valence-electron chi connectivity index (χ0n) is 42.6. The summed E-state index contributed by atoms with van der Waals surface area (Å²) in [6.45, 7) is 4.63. The molecular weight excluding hydrogens is 991 g/mol. The number of benzene rings is 4. The number of halogens is 4. The minimum atomic E-state index is -2.68. The first kappa shape index (κ1) is 54.8. The van der Waals surface area contributed by atoms with E-state index in [1.54, 1.807) is 73.3 Å². The SMILES string of the molecule is Cc1cc(-c2ccc(C(=O)N3CCC(F)(F)CC3)cc2)cc2cc(CCC(=O)/C=C/c3cccnc3)oc12.Cc1cc(-c2ccc(C(=O)N3CCC(F)(F)CC3)cc2)cc2cc(CN)oc12.O=C(O)/C=C/c1cccnc1. The highest BCUT2D eigenvalue weighted by molar-refractivity contribution is 5.97. The fourth-order valence-electron chi connectivity index (χ4n) is 9.01. The van der Waals surface area contributed by atoms with Gasteiger partial charge in [-0.1, -0.05) is 36.4 Å². The maximum atomic E-state index is 13.4. The Morgan fingerprint density at radius 3 is 1.44 bits per heavy atom. The van der Waals surface area contributed by atoms with E-state index in [9.17, 15) is 36.7 Å². The monoisotopic (exact) mass is 1050 g/mol. The molecule has 396 valence electrons. The van der Waals surface area contributed by atoms with Crippen LogP contribution in [0.2, 0.25) is 0 Å². The molecule has 77 heavy (non-hydrogen) atoms. The summed E-state index contributed by atoms with van der Waals surface area (Å²) in [5.41, 5.74) is 15.9. The van der Waals surface area contributed by atoms with Crippen molar-refractivity contribution in [3.8, 4) is 22.3 Å². The molecule has 2 fully saturated rings.